The van der Waals surface area contributed by atoms with Crippen molar-refractivity contribution in [3.63, 3.8) is 0 Å². The van der Waals surface area contributed by atoms with E-state index in [0.717, 1.165) is 5.56 Å². The van der Waals surface area contributed by atoms with E-state index >= 15 is 0 Å². The highest BCUT2D eigenvalue weighted by atomic mass is 16.5. The van der Waals surface area contributed by atoms with Crippen molar-refractivity contribution >= 4 is 23.2 Å². The van der Waals surface area contributed by atoms with E-state index in [1.54, 1.807) is 55.6 Å². The maximum atomic E-state index is 12.7. The van der Waals surface area contributed by atoms with Crippen LogP contribution in [-0.2, 0) is 11.2 Å². The van der Waals surface area contributed by atoms with Crippen LogP contribution in [0.2, 0.25) is 0 Å². The summed E-state index contributed by atoms with van der Waals surface area (Å²) in [5.74, 6) is 0.293. The van der Waals surface area contributed by atoms with Crippen LogP contribution in [0.4, 0.5) is 11.4 Å². The topological polar surface area (TPSA) is 67.4 Å². The van der Waals surface area contributed by atoms with Gasteiger partial charge in [0.1, 0.15) is 5.75 Å². The average Bonchev–Trinajstić information content (AvgIpc) is 2.74. The Kier molecular flexibility index (Phi) is 6.41. The molecule has 5 heteroatoms. The normalized spacial score (nSPS) is 10.2. The van der Waals surface area contributed by atoms with Crippen molar-refractivity contribution < 1.29 is 14.3 Å². The molecule has 3 rings (SSSR count). The molecule has 0 aliphatic heterocycles. The molecule has 0 unspecified atom stereocenters. The van der Waals surface area contributed by atoms with E-state index in [9.17, 15) is 9.59 Å². The Morgan fingerprint density at radius 1 is 0.821 bits per heavy atom. The van der Waals surface area contributed by atoms with Crippen molar-refractivity contribution in [2.45, 2.75) is 12.8 Å². The zero-order valence-electron chi connectivity index (χ0n) is 15.6. The Morgan fingerprint density at radius 3 is 2.21 bits per heavy atom. The van der Waals surface area contributed by atoms with Gasteiger partial charge < -0.3 is 15.4 Å². The number of carbonyl (C=O) groups is 2. The fraction of sp³-hybridized carbons (Fsp3) is 0.130. The van der Waals surface area contributed by atoms with Crippen LogP contribution in [0.3, 0.4) is 0 Å². The summed E-state index contributed by atoms with van der Waals surface area (Å²) in [6.07, 6.45) is 0.991. The molecule has 0 aliphatic rings. The summed E-state index contributed by atoms with van der Waals surface area (Å²) < 4.78 is 5.12. The first kappa shape index (κ1) is 19.2. The highest BCUT2D eigenvalue weighted by molar-refractivity contribution is 6.10. The minimum atomic E-state index is -0.288. The monoisotopic (exact) mass is 374 g/mol. The van der Waals surface area contributed by atoms with Crippen molar-refractivity contribution in [3.8, 4) is 5.75 Å². The molecule has 0 radical (unpaired) electrons. The van der Waals surface area contributed by atoms with Crippen molar-refractivity contribution in [2.24, 2.45) is 0 Å². The number of nitrogens with one attached hydrogen (secondary N) is 2. The van der Waals surface area contributed by atoms with Crippen LogP contribution in [0.5, 0.6) is 5.75 Å². The van der Waals surface area contributed by atoms with Crippen molar-refractivity contribution in [2.75, 3.05) is 17.7 Å². The fourth-order valence-corrected chi connectivity index (χ4v) is 2.78. The summed E-state index contributed by atoms with van der Waals surface area (Å²) in [6, 6.07) is 23.9. The van der Waals surface area contributed by atoms with E-state index in [4.69, 9.17) is 4.74 Å². The van der Waals surface area contributed by atoms with Crippen LogP contribution in [0, 0.1) is 0 Å². The Balaban J connectivity index is 1.64. The van der Waals surface area contributed by atoms with Gasteiger partial charge in [-0.05, 0) is 48.4 Å². The van der Waals surface area contributed by atoms with Gasteiger partial charge in [-0.25, -0.2) is 0 Å². The zero-order valence-corrected chi connectivity index (χ0v) is 15.6. The first-order valence-electron chi connectivity index (χ1n) is 9.04. The van der Waals surface area contributed by atoms with Gasteiger partial charge >= 0.3 is 0 Å². The van der Waals surface area contributed by atoms with Gasteiger partial charge in [-0.1, -0.05) is 42.5 Å². The number of ether oxygens (including phenoxy) is 1. The standard InChI is InChI=1S/C23H22N2O3/c1-28-19-14-12-18(13-15-19)24-23(27)20-9-5-6-10-21(20)25-22(26)16-11-17-7-3-2-4-8-17/h2-10,12-15H,11,16H2,1H3,(H,24,27)(H,25,26). The van der Waals surface area contributed by atoms with E-state index < -0.39 is 0 Å². The van der Waals surface area contributed by atoms with Gasteiger partial charge in [0, 0.05) is 12.1 Å². The first-order valence-corrected chi connectivity index (χ1v) is 9.04. The SMILES string of the molecule is COc1ccc(NC(=O)c2ccccc2NC(=O)CCc2ccccc2)cc1. The van der Waals surface area contributed by atoms with Crippen LogP contribution < -0.4 is 15.4 Å². The lowest BCUT2D eigenvalue weighted by molar-refractivity contribution is -0.116. The number of aryl methyl sites for hydroxylation is 1. The number of anilines is 2. The van der Waals surface area contributed by atoms with Gasteiger partial charge in [-0.15, -0.1) is 0 Å². The molecule has 3 aromatic carbocycles. The Morgan fingerprint density at radius 2 is 1.50 bits per heavy atom. The number of benzene rings is 3. The van der Waals surface area contributed by atoms with E-state index in [2.05, 4.69) is 10.6 Å². The van der Waals surface area contributed by atoms with E-state index in [-0.39, 0.29) is 11.8 Å². The second kappa shape index (κ2) is 9.37. The van der Waals surface area contributed by atoms with Gasteiger partial charge in [0.2, 0.25) is 5.91 Å². The maximum absolute atomic E-state index is 12.7. The molecule has 28 heavy (non-hydrogen) atoms. The van der Waals surface area contributed by atoms with Gasteiger partial charge in [0.25, 0.3) is 5.91 Å². The number of rotatable bonds is 7. The van der Waals surface area contributed by atoms with Crippen molar-refractivity contribution in [1.82, 2.24) is 0 Å². The van der Waals surface area contributed by atoms with Crippen LogP contribution >= 0.6 is 0 Å². The van der Waals surface area contributed by atoms with Gasteiger partial charge in [0.05, 0.1) is 18.4 Å². The number of methoxy groups -OCH3 is 1. The molecule has 0 fully saturated rings. The molecule has 0 heterocycles. The third-order valence-corrected chi connectivity index (χ3v) is 4.28. The smallest absolute Gasteiger partial charge is 0.257 e. The molecule has 5 nitrogen and oxygen atoms in total. The van der Waals surface area contributed by atoms with E-state index in [0.29, 0.717) is 35.5 Å². The fourth-order valence-electron chi connectivity index (χ4n) is 2.78. The lowest BCUT2D eigenvalue weighted by Crippen LogP contribution is -2.18. The first-order chi connectivity index (χ1) is 13.7. The highest BCUT2D eigenvalue weighted by Gasteiger charge is 2.13. The molecular weight excluding hydrogens is 352 g/mol. The van der Waals surface area contributed by atoms with Crippen LogP contribution in [0.15, 0.2) is 78.9 Å². The molecule has 142 valence electrons. The second-order valence-corrected chi connectivity index (χ2v) is 6.26. The third-order valence-electron chi connectivity index (χ3n) is 4.28. The molecule has 0 spiro atoms. The summed E-state index contributed by atoms with van der Waals surface area (Å²) in [7, 11) is 1.59. The molecule has 0 saturated carbocycles. The molecule has 0 atom stereocenters. The molecule has 2 amide bonds. The van der Waals surface area contributed by atoms with Crippen molar-refractivity contribution in [1.29, 1.82) is 0 Å². The van der Waals surface area contributed by atoms with Gasteiger partial charge in [-0.3, -0.25) is 9.59 Å². The minimum Gasteiger partial charge on any atom is -0.497 e. The summed E-state index contributed by atoms with van der Waals surface area (Å²) in [5.41, 5.74) is 2.65. The lowest BCUT2D eigenvalue weighted by Gasteiger charge is -2.12. The van der Waals surface area contributed by atoms with Gasteiger partial charge in [0.15, 0.2) is 0 Å². The summed E-state index contributed by atoms with van der Waals surface area (Å²) in [5, 5.41) is 5.68. The maximum Gasteiger partial charge on any atom is 0.257 e. The lowest BCUT2D eigenvalue weighted by atomic mass is 10.1. The molecule has 3 aromatic rings. The second-order valence-electron chi connectivity index (χ2n) is 6.26. The van der Waals surface area contributed by atoms with Crippen molar-refractivity contribution in [3.05, 3.63) is 90.0 Å². The van der Waals surface area contributed by atoms with Crippen LogP contribution in [0.1, 0.15) is 22.3 Å². The van der Waals surface area contributed by atoms with E-state index in [1.165, 1.54) is 0 Å². The quantitative estimate of drug-likeness (QED) is 0.639. The number of para-hydroxylation sites is 1. The summed E-state index contributed by atoms with van der Waals surface area (Å²) >= 11 is 0. The predicted molar refractivity (Wildman–Crippen MR) is 111 cm³/mol. The minimum absolute atomic E-state index is 0.131. The predicted octanol–water partition coefficient (Wildman–Crippen LogP) is 4.52. The Bertz CT molecular complexity index is 938. The van der Waals surface area contributed by atoms with Gasteiger partial charge in [-0.2, -0.15) is 0 Å². The number of amides is 2. The largest absolute Gasteiger partial charge is 0.497 e. The summed E-state index contributed by atoms with van der Waals surface area (Å²) in [4.78, 5) is 25.0. The molecule has 0 bridgehead atoms. The van der Waals surface area contributed by atoms with Crippen LogP contribution in [-0.4, -0.2) is 18.9 Å². The number of carbonyl (C=O) groups excluding carboxylic acids is 2. The average molecular weight is 374 g/mol. The number of hydrogen-bond acceptors (Lipinski definition) is 3. The third kappa shape index (κ3) is 5.20. The summed E-state index contributed by atoms with van der Waals surface area (Å²) in [6.45, 7) is 0. The number of hydrogen-bond donors (Lipinski definition) is 2. The molecule has 2 N–H and O–H groups in total. The van der Waals surface area contributed by atoms with E-state index in [1.807, 2.05) is 30.3 Å². The van der Waals surface area contributed by atoms with Crippen LogP contribution in [0.25, 0.3) is 0 Å². The molecule has 0 saturated heterocycles. The Labute approximate surface area is 164 Å². The molecular formula is C23H22N2O3. The molecule has 0 aromatic heterocycles. The molecule has 0 aliphatic carbocycles. The Hall–Kier alpha value is -3.60. The highest BCUT2D eigenvalue weighted by Crippen LogP contribution is 2.20. The zero-order chi connectivity index (χ0) is 19.8.